The predicted octanol–water partition coefficient (Wildman–Crippen LogP) is 1.25. The van der Waals surface area contributed by atoms with E-state index in [1.807, 2.05) is 0 Å². The summed E-state index contributed by atoms with van der Waals surface area (Å²) >= 11 is 0. The van der Waals surface area contributed by atoms with Crippen molar-refractivity contribution in [3.8, 4) is 0 Å². The van der Waals surface area contributed by atoms with E-state index in [-0.39, 0.29) is 7.12 Å². The minimum absolute atomic E-state index is 0.270. The van der Waals surface area contributed by atoms with Crippen LogP contribution in [0, 0.1) is 0 Å². The quantitative estimate of drug-likeness (QED) is 0.570. The average molecular weight is 355 g/mol. The van der Waals surface area contributed by atoms with Crippen LogP contribution < -0.4 is 15.4 Å². The van der Waals surface area contributed by atoms with Gasteiger partial charge in [-0.3, -0.25) is 0 Å². The molecule has 26 heavy (non-hydrogen) atoms. The Labute approximate surface area is 165 Å². The Morgan fingerprint density at radius 2 is 1.35 bits per heavy atom. The lowest BCUT2D eigenvalue weighted by molar-refractivity contribution is 0.535. The molecule has 2 aliphatic heterocycles. The molecule has 2 saturated heterocycles. The highest BCUT2D eigenvalue weighted by Crippen LogP contribution is 2.22. The van der Waals surface area contributed by atoms with E-state index in [2.05, 4.69) is 78.0 Å². The third-order valence-electron chi connectivity index (χ3n) is 6.13. The highest BCUT2D eigenvalue weighted by Gasteiger charge is 2.52. The molecular weight excluding hydrogens is 317 g/mol. The molecule has 0 amide bonds. The largest absolute Gasteiger partial charge is 0.372 e. The van der Waals surface area contributed by atoms with Crippen molar-refractivity contribution in [2.45, 2.75) is 79.6 Å². The lowest BCUT2D eigenvalue weighted by Gasteiger charge is -2.54. The molecule has 12 heteroatoms. The van der Waals surface area contributed by atoms with Gasteiger partial charge in [0.05, 0.1) is 0 Å². The van der Waals surface area contributed by atoms with Gasteiger partial charge in [-0.2, -0.15) is 0 Å². The van der Waals surface area contributed by atoms with E-state index in [9.17, 15) is 0 Å². The van der Waals surface area contributed by atoms with Crippen LogP contribution >= 0.6 is 0 Å². The van der Waals surface area contributed by atoms with Gasteiger partial charge in [-0.25, -0.2) is 0 Å². The van der Waals surface area contributed by atoms with Gasteiger partial charge in [0.2, 0.25) is 0 Å². The zero-order valence-electron chi connectivity index (χ0n) is 18.3. The Morgan fingerprint density at radius 3 is 1.81 bits per heavy atom. The van der Waals surface area contributed by atoms with E-state index in [0.717, 1.165) is 19.2 Å². The van der Waals surface area contributed by atoms with Gasteiger partial charge in [0.25, 0.3) is 34.9 Å². The molecule has 2 aliphatic rings. The van der Waals surface area contributed by atoms with E-state index in [4.69, 9.17) is 0 Å². The van der Waals surface area contributed by atoms with E-state index in [1.54, 1.807) is 0 Å². The van der Waals surface area contributed by atoms with Crippen molar-refractivity contribution in [3.63, 3.8) is 0 Å². The molecule has 2 heterocycles. The molecule has 2 fully saturated rings. The summed E-state index contributed by atoms with van der Waals surface area (Å²) in [4.78, 5) is 0. The molecule has 0 aromatic rings. The van der Waals surface area contributed by atoms with E-state index in [1.165, 1.54) is 25.5 Å². The van der Waals surface area contributed by atoms with Gasteiger partial charge in [0.15, 0.2) is 0 Å². The van der Waals surface area contributed by atoms with Crippen molar-refractivity contribution in [2.24, 2.45) is 0 Å². The summed E-state index contributed by atoms with van der Waals surface area (Å²) in [6, 6.07) is 0. The highest BCUT2D eigenvalue weighted by molar-refractivity contribution is 6.98. The van der Waals surface area contributed by atoms with Crippen molar-refractivity contribution in [2.75, 3.05) is 13.6 Å². The van der Waals surface area contributed by atoms with Gasteiger partial charge < -0.3 is 29.5 Å². The molecule has 0 spiro atoms. The van der Waals surface area contributed by atoms with Gasteiger partial charge in [0, 0.05) is 0 Å². The van der Waals surface area contributed by atoms with E-state index >= 15 is 0 Å². The Morgan fingerprint density at radius 1 is 0.769 bits per heavy atom. The van der Waals surface area contributed by atoms with Crippen LogP contribution in [0.2, 0.25) is 32.1 Å². The molecule has 2 rings (SSSR count). The van der Waals surface area contributed by atoms with Crippen molar-refractivity contribution in [1.29, 1.82) is 0 Å². The minimum Gasteiger partial charge on any atom is -0.372 e. The molecule has 0 unspecified atom stereocenters. The first kappa shape index (κ1) is 22.4. The monoisotopic (exact) mass is 356 g/mol. The zero-order chi connectivity index (χ0) is 19.3. The Hall–Kier alpha value is 0.150. The van der Waals surface area contributed by atoms with Gasteiger partial charge in [-0.1, -0.05) is 54.3 Å². The van der Waals surface area contributed by atoms with Gasteiger partial charge in [-0.05, 0) is 38.9 Å². The van der Waals surface area contributed by atoms with E-state index < -0.39 is 0 Å². The Balaban J connectivity index is 2.34. The number of nitrogens with zero attached hydrogens (tertiary/aromatic N) is 3. The maximum Gasteiger partial charge on any atom is 0.359 e. The van der Waals surface area contributed by atoms with Gasteiger partial charge in [-0.15, -0.1) is 0 Å². The highest BCUT2D eigenvalue weighted by atomic mass is 15.3. The van der Waals surface area contributed by atoms with Crippen LogP contribution in [0.4, 0.5) is 0 Å². The summed E-state index contributed by atoms with van der Waals surface area (Å²) in [7, 11) is 2.57. The molecule has 0 aromatic heterocycles. The fraction of sp³-hybridized carbons (Fsp3) is 1.00. The van der Waals surface area contributed by atoms with Crippen LogP contribution in [0.15, 0.2) is 0 Å². The van der Waals surface area contributed by atoms with Crippen LogP contribution in [0.25, 0.3) is 0 Å². The van der Waals surface area contributed by atoms with Crippen LogP contribution in [0.5, 0.6) is 0 Å². The summed E-state index contributed by atoms with van der Waals surface area (Å²) in [5.74, 6) is 0. The fourth-order valence-electron chi connectivity index (χ4n) is 4.83. The summed E-state index contributed by atoms with van der Waals surface area (Å²) in [6.45, 7) is 16.9. The molecule has 6 nitrogen and oxygen atoms in total. The lowest BCUT2D eigenvalue weighted by Crippen LogP contribution is -2.87. The van der Waals surface area contributed by atoms with Crippen molar-refractivity contribution in [3.05, 3.63) is 0 Å². The summed E-state index contributed by atoms with van der Waals surface area (Å²) in [5.41, 5.74) is 0. The first-order valence-electron chi connectivity index (χ1n) is 11.0. The Bertz CT molecular complexity index is 409. The number of hydrogen-bond acceptors (Lipinski definition) is 6. The smallest absolute Gasteiger partial charge is 0.359 e. The van der Waals surface area contributed by atoms with Crippen molar-refractivity contribution < 1.29 is 0 Å². The number of rotatable bonds is 8. The van der Waals surface area contributed by atoms with Crippen molar-refractivity contribution >= 4 is 42.0 Å². The molecule has 0 radical (unpaired) electrons. The first-order chi connectivity index (χ1) is 12.5. The van der Waals surface area contributed by atoms with Crippen LogP contribution in [0.3, 0.4) is 0 Å². The third kappa shape index (κ3) is 4.76. The van der Waals surface area contributed by atoms with Crippen LogP contribution in [0.1, 0.15) is 47.5 Å². The third-order valence-corrected chi connectivity index (χ3v) is 6.13. The van der Waals surface area contributed by atoms with Crippen LogP contribution in [-0.2, 0) is 0 Å². The van der Waals surface area contributed by atoms with Crippen LogP contribution in [-0.4, -0.2) is 69.7 Å². The average Bonchev–Trinajstić information content (AvgIpc) is 2.64. The molecule has 0 saturated carbocycles. The second kappa shape index (κ2) is 10.6. The molecule has 0 aliphatic carbocycles. The normalized spacial score (nSPS) is 21.3. The predicted molar refractivity (Wildman–Crippen MR) is 123 cm³/mol. The molecule has 0 aromatic carbocycles. The molecule has 0 bridgehead atoms. The zero-order valence-corrected chi connectivity index (χ0v) is 18.3. The minimum atomic E-state index is 0.270. The SMILES string of the molecule is CCCB1NB(N2B(CC)NB(C)NB2CC)N(CC)B(CCC)N1C. The molecular formula is C14H38B6N6. The van der Waals surface area contributed by atoms with E-state index in [0.29, 0.717) is 34.9 Å². The second-order valence-corrected chi connectivity index (χ2v) is 7.96. The fourth-order valence-corrected chi connectivity index (χ4v) is 4.83. The Kier molecular flexibility index (Phi) is 9.17. The lowest BCUT2D eigenvalue weighted by atomic mass is 9.37. The van der Waals surface area contributed by atoms with Crippen molar-refractivity contribution in [1.82, 2.24) is 29.5 Å². The summed E-state index contributed by atoms with van der Waals surface area (Å²) in [5, 5.41) is 11.5. The molecule has 3 N–H and O–H groups in total. The molecule has 142 valence electrons. The maximum atomic E-state index is 4.00. The standard InChI is InChI=1S/C14H38B6N6/c1-8-13-18-23-20(25(12-5)19(14-9-2)24(18)7)26-16(10-3)21-15(6)22-17(26)11-4/h21-23H,8-14H2,1-7H3. The topological polar surface area (TPSA) is 45.8 Å². The maximum absolute atomic E-state index is 4.00. The number of nitrogens with one attached hydrogen (secondary N) is 3. The number of hydrogen-bond donors (Lipinski definition) is 3. The summed E-state index contributed by atoms with van der Waals surface area (Å²) in [6.07, 6.45) is 7.08. The first-order valence-corrected chi connectivity index (χ1v) is 11.0. The van der Waals surface area contributed by atoms with Gasteiger partial charge in [0.1, 0.15) is 0 Å². The van der Waals surface area contributed by atoms with Gasteiger partial charge >= 0.3 is 7.12 Å². The molecule has 0 atom stereocenters. The second-order valence-electron chi connectivity index (χ2n) is 7.96. The summed E-state index contributed by atoms with van der Waals surface area (Å²) < 4.78 is 7.91.